The predicted molar refractivity (Wildman–Crippen MR) is 142 cm³/mol. The zero-order valence-electron chi connectivity index (χ0n) is 22.5. The van der Waals surface area contributed by atoms with Crippen LogP contribution in [0.2, 0.25) is 0 Å². The molecular weight excluding hydrogens is 509 g/mol. The van der Waals surface area contributed by atoms with E-state index >= 15 is 0 Å². The van der Waals surface area contributed by atoms with Crippen LogP contribution in [0.4, 0.5) is 13.2 Å². The lowest BCUT2D eigenvalue weighted by molar-refractivity contribution is -0.138. The lowest BCUT2D eigenvalue weighted by Gasteiger charge is -2.50. The smallest absolute Gasteiger partial charge is 0.372 e. The molecule has 0 aromatic heterocycles. The van der Waals surface area contributed by atoms with Crippen molar-refractivity contribution >= 4 is 18.2 Å². The Balaban J connectivity index is 1.59. The highest BCUT2D eigenvalue weighted by molar-refractivity contribution is 5.95. The summed E-state index contributed by atoms with van der Waals surface area (Å²) < 4.78 is 46.5. The number of piperidine rings is 1. The summed E-state index contributed by atoms with van der Waals surface area (Å²) in [5, 5.41) is 6.43. The van der Waals surface area contributed by atoms with E-state index in [0.717, 1.165) is 17.7 Å². The molecule has 2 amide bonds. The van der Waals surface area contributed by atoms with Gasteiger partial charge in [0.15, 0.2) is 0 Å². The van der Waals surface area contributed by atoms with E-state index in [2.05, 4.69) is 15.6 Å². The van der Waals surface area contributed by atoms with E-state index < -0.39 is 28.9 Å². The predicted octanol–water partition coefficient (Wildman–Crippen LogP) is 4.51. The lowest BCUT2D eigenvalue weighted by atomic mass is 9.74. The SMILES string of the molecule is CCNC(=O)C[C@]1(N2C=NCC2=O)CC[C@@](CO[C@H](C)c2cc(C)cc(C(F)(F)F)c2)(c2ccccc2)NC1. The number of ether oxygens (including phenoxy) is 1. The van der Waals surface area contributed by atoms with Crippen molar-refractivity contribution in [1.29, 1.82) is 0 Å². The minimum Gasteiger partial charge on any atom is -0.372 e. The third-order valence-electron chi connectivity index (χ3n) is 7.64. The first-order valence-corrected chi connectivity index (χ1v) is 13.2. The molecule has 0 saturated carbocycles. The number of benzene rings is 2. The van der Waals surface area contributed by atoms with Crippen molar-refractivity contribution in [1.82, 2.24) is 15.5 Å². The van der Waals surface area contributed by atoms with Gasteiger partial charge in [0, 0.05) is 13.1 Å². The minimum atomic E-state index is -4.44. The second-order valence-electron chi connectivity index (χ2n) is 10.5. The molecule has 2 aliphatic rings. The summed E-state index contributed by atoms with van der Waals surface area (Å²) >= 11 is 0. The number of nitrogens with zero attached hydrogens (tertiary/aromatic N) is 2. The third kappa shape index (κ3) is 6.33. The van der Waals surface area contributed by atoms with Crippen molar-refractivity contribution in [3.63, 3.8) is 0 Å². The number of halogens is 3. The first-order chi connectivity index (χ1) is 18.5. The van der Waals surface area contributed by atoms with Gasteiger partial charge in [0.1, 0.15) is 6.54 Å². The third-order valence-corrected chi connectivity index (χ3v) is 7.64. The molecule has 2 aliphatic heterocycles. The van der Waals surface area contributed by atoms with Gasteiger partial charge in [0.2, 0.25) is 11.8 Å². The molecule has 0 aliphatic carbocycles. The number of rotatable bonds is 9. The normalized spacial score (nSPS) is 24.2. The Bertz CT molecular complexity index is 1210. The van der Waals surface area contributed by atoms with Crippen molar-refractivity contribution in [3.05, 3.63) is 70.8 Å². The zero-order chi connectivity index (χ0) is 28.3. The van der Waals surface area contributed by atoms with Gasteiger partial charge < -0.3 is 15.4 Å². The number of nitrogens with one attached hydrogen (secondary N) is 2. The molecule has 2 aromatic rings. The van der Waals surface area contributed by atoms with Crippen molar-refractivity contribution < 1.29 is 27.5 Å². The molecule has 1 saturated heterocycles. The van der Waals surface area contributed by atoms with Gasteiger partial charge in [-0.05, 0) is 56.9 Å². The van der Waals surface area contributed by atoms with Crippen LogP contribution in [0.5, 0.6) is 0 Å². The average molecular weight is 545 g/mol. The Morgan fingerprint density at radius 2 is 1.95 bits per heavy atom. The molecular formula is C29H35F3N4O3. The second-order valence-corrected chi connectivity index (χ2v) is 10.5. The molecule has 210 valence electrons. The Morgan fingerprint density at radius 1 is 1.21 bits per heavy atom. The Morgan fingerprint density at radius 3 is 2.54 bits per heavy atom. The van der Waals surface area contributed by atoms with Crippen LogP contribution >= 0.6 is 0 Å². The fourth-order valence-electron chi connectivity index (χ4n) is 5.47. The number of carbonyl (C=O) groups is 2. The number of hydrogen-bond acceptors (Lipinski definition) is 5. The van der Waals surface area contributed by atoms with E-state index in [4.69, 9.17) is 4.74 Å². The van der Waals surface area contributed by atoms with Crippen LogP contribution in [0.25, 0.3) is 0 Å². The first kappa shape index (κ1) is 28.8. The average Bonchev–Trinajstić information content (AvgIpc) is 3.34. The highest BCUT2D eigenvalue weighted by Gasteiger charge is 2.49. The second kappa shape index (κ2) is 11.5. The molecule has 2 heterocycles. The van der Waals surface area contributed by atoms with Crippen molar-refractivity contribution in [2.24, 2.45) is 4.99 Å². The quantitative estimate of drug-likeness (QED) is 0.487. The Labute approximate surface area is 226 Å². The number of alkyl halides is 3. The van der Waals surface area contributed by atoms with Crippen LogP contribution in [0, 0.1) is 6.92 Å². The number of hydrogen-bond donors (Lipinski definition) is 2. The summed E-state index contributed by atoms with van der Waals surface area (Å²) in [5.41, 5.74) is -0.240. The van der Waals surface area contributed by atoms with Crippen LogP contribution in [0.15, 0.2) is 53.5 Å². The van der Waals surface area contributed by atoms with Crippen molar-refractivity contribution in [2.75, 3.05) is 26.2 Å². The maximum atomic E-state index is 13.4. The number of amides is 2. The van der Waals surface area contributed by atoms with Gasteiger partial charge in [-0.15, -0.1) is 0 Å². The highest BCUT2D eigenvalue weighted by Crippen LogP contribution is 2.40. The topological polar surface area (TPSA) is 83.0 Å². The van der Waals surface area contributed by atoms with Crippen LogP contribution < -0.4 is 10.6 Å². The molecule has 0 bridgehead atoms. The van der Waals surface area contributed by atoms with Crippen molar-refractivity contribution in [3.8, 4) is 0 Å². The molecule has 2 N–H and O–H groups in total. The van der Waals surface area contributed by atoms with Crippen LogP contribution in [-0.2, 0) is 26.0 Å². The number of aryl methyl sites for hydroxylation is 1. The van der Waals surface area contributed by atoms with Crippen LogP contribution in [0.3, 0.4) is 0 Å². The van der Waals surface area contributed by atoms with Gasteiger partial charge in [-0.25, -0.2) is 0 Å². The molecule has 10 heteroatoms. The van der Waals surface area contributed by atoms with E-state index in [0.29, 0.717) is 37.1 Å². The van der Waals surface area contributed by atoms with Crippen LogP contribution in [0.1, 0.15) is 61.5 Å². The number of aliphatic imine (C=N–C) groups is 1. The molecule has 2 aromatic carbocycles. The van der Waals surface area contributed by atoms with E-state index in [1.165, 1.54) is 6.34 Å². The molecule has 0 spiro atoms. The molecule has 1 fully saturated rings. The molecule has 7 nitrogen and oxygen atoms in total. The maximum Gasteiger partial charge on any atom is 0.416 e. The first-order valence-electron chi connectivity index (χ1n) is 13.2. The standard InChI is InChI=1S/C29H35F3N4O3/c1-4-34-25(37)15-27(36-19-33-16-26(36)38)10-11-28(35-17-27,23-8-6-5-7-9-23)18-39-21(3)22-12-20(2)13-24(14-22)29(30,31)32/h5-9,12-14,19,21,35H,4,10-11,15-18H2,1-3H3,(H,34,37)/t21-,27-,28-/m1/s1. The molecule has 39 heavy (non-hydrogen) atoms. The largest absolute Gasteiger partial charge is 0.416 e. The fourth-order valence-corrected chi connectivity index (χ4v) is 5.47. The van der Waals surface area contributed by atoms with Gasteiger partial charge in [-0.2, -0.15) is 13.2 Å². The van der Waals surface area contributed by atoms with E-state index in [-0.39, 0.29) is 31.4 Å². The van der Waals surface area contributed by atoms with Crippen molar-refractivity contribution in [2.45, 2.75) is 63.4 Å². The lowest BCUT2D eigenvalue weighted by Crippen LogP contribution is -2.65. The molecule has 3 atom stereocenters. The van der Waals surface area contributed by atoms with Gasteiger partial charge >= 0.3 is 6.18 Å². The zero-order valence-corrected chi connectivity index (χ0v) is 22.5. The minimum absolute atomic E-state index is 0.0536. The van der Waals surface area contributed by atoms with E-state index in [1.54, 1.807) is 24.8 Å². The molecule has 0 radical (unpaired) electrons. The van der Waals surface area contributed by atoms with E-state index in [9.17, 15) is 22.8 Å². The Hall–Kier alpha value is -3.24. The summed E-state index contributed by atoms with van der Waals surface area (Å²) in [4.78, 5) is 31.1. The summed E-state index contributed by atoms with van der Waals surface area (Å²) in [7, 11) is 0. The summed E-state index contributed by atoms with van der Waals surface area (Å²) in [6.45, 7) is 6.27. The summed E-state index contributed by atoms with van der Waals surface area (Å²) in [6, 6.07) is 13.7. The monoisotopic (exact) mass is 544 g/mol. The maximum absolute atomic E-state index is 13.4. The van der Waals surface area contributed by atoms with Crippen LogP contribution in [-0.4, -0.2) is 54.8 Å². The summed E-state index contributed by atoms with van der Waals surface area (Å²) in [6.07, 6.45) is -2.36. The van der Waals surface area contributed by atoms with Gasteiger partial charge in [0.25, 0.3) is 0 Å². The molecule has 0 unspecified atom stereocenters. The molecule has 4 rings (SSSR count). The number of carbonyl (C=O) groups excluding carboxylic acids is 2. The van der Waals surface area contributed by atoms with Gasteiger partial charge in [-0.3, -0.25) is 19.5 Å². The fraction of sp³-hybridized carbons (Fsp3) is 0.483. The van der Waals surface area contributed by atoms with Gasteiger partial charge in [-0.1, -0.05) is 42.0 Å². The highest BCUT2D eigenvalue weighted by atomic mass is 19.4. The summed E-state index contributed by atoms with van der Waals surface area (Å²) in [5.74, 6) is -0.303. The van der Waals surface area contributed by atoms with Gasteiger partial charge in [0.05, 0.1) is 42.1 Å². The van der Waals surface area contributed by atoms with E-state index in [1.807, 2.05) is 37.3 Å². The Kier molecular flexibility index (Phi) is 8.46.